The lowest BCUT2D eigenvalue weighted by atomic mass is 10.1. The third-order valence-electron chi connectivity index (χ3n) is 3.80. The Labute approximate surface area is 127 Å². The van der Waals surface area contributed by atoms with Gasteiger partial charge in [0.05, 0.1) is 18.8 Å². The van der Waals surface area contributed by atoms with Crippen molar-refractivity contribution in [2.24, 2.45) is 0 Å². The van der Waals surface area contributed by atoms with Crippen molar-refractivity contribution >= 4 is 12.4 Å². The van der Waals surface area contributed by atoms with Crippen molar-refractivity contribution in [3.8, 4) is 17.1 Å². The SMILES string of the molecule is Cl.O[C@H]1CN[C@@H](c2nc(-c3ccc4c(c3)CCO4)no2)C1. The van der Waals surface area contributed by atoms with Crippen LogP contribution < -0.4 is 10.1 Å². The molecule has 1 aromatic carbocycles. The summed E-state index contributed by atoms with van der Waals surface area (Å²) in [6, 6.07) is 5.89. The molecule has 3 heterocycles. The lowest BCUT2D eigenvalue weighted by Crippen LogP contribution is -2.15. The van der Waals surface area contributed by atoms with Gasteiger partial charge < -0.3 is 19.7 Å². The zero-order valence-corrected chi connectivity index (χ0v) is 12.1. The topological polar surface area (TPSA) is 80.4 Å². The van der Waals surface area contributed by atoms with E-state index in [9.17, 15) is 5.11 Å². The van der Waals surface area contributed by atoms with Crippen LogP contribution in [0.4, 0.5) is 0 Å². The van der Waals surface area contributed by atoms with Gasteiger partial charge >= 0.3 is 0 Å². The molecule has 1 saturated heterocycles. The van der Waals surface area contributed by atoms with Crippen molar-refractivity contribution < 1.29 is 14.4 Å². The zero-order valence-electron chi connectivity index (χ0n) is 11.3. The highest BCUT2D eigenvalue weighted by Gasteiger charge is 2.28. The van der Waals surface area contributed by atoms with Gasteiger partial charge in [-0.1, -0.05) is 5.16 Å². The quantitative estimate of drug-likeness (QED) is 0.875. The van der Waals surface area contributed by atoms with Crippen LogP contribution in [0, 0.1) is 0 Å². The maximum atomic E-state index is 9.52. The Morgan fingerprint density at radius 1 is 1.33 bits per heavy atom. The number of nitrogens with one attached hydrogen (secondary N) is 1. The molecule has 2 atom stereocenters. The minimum atomic E-state index is -0.340. The van der Waals surface area contributed by atoms with Gasteiger partial charge in [-0.05, 0) is 30.2 Å². The highest BCUT2D eigenvalue weighted by molar-refractivity contribution is 5.85. The molecule has 2 aliphatic heterocycles. The number of hydrogen-bond acceptors (Lipinski definition) is 6. The summed E-state index contributed by atoms with van der Waals surface area (Å²) in [6.07, 6.45) is 1.19. The van der Waals surface area contributed by atoms with E-state index < -0.39 is 0 Å². The van der Waals surface area contributed by atoms with E-state index in [1.807, 2.05) is 18.2 Å². The first-order valence-electron chi connectivity index (χ1n) is 6.81. The van der Waals surface area contributed by atoms with Gasteiger partial charge in [0, 0.05) is 18.5 Å². The number of β-amino-alcohol motifs (C(OH)–C–C–N with tert-alkyl or cyclic N) is 1. The highest BCUT2D eigenvalue weighted by Crippen LogP contribution is 2.30. The summed E-state index contributed by atoms with van der Waals surface area (Å²) >= 11 is 0. The first-order valence-corrected chi connectivity index (χ1v) is 6.81. The molecule has 0 bridgehead atoms. The number of ether oxygens (including phenoxy) is 1. The van der Waals surface area contributed by atoms with E-state index in [0.717, 1.165) is 24.3 Å². The molecule has 7 heteroatoms. The molecule has 0 saturated carbocycles. The number of rotatable bonds is 2. The molecular formula is C14H16ClN3O3. The molecule has 6 nitrogen and oxygen atoms in total. The summed E-state index contributed by atoms with van der Waals surface area (Å²) in [5.41, 5.74) is 2.12. The average molecular weight is 310 g/mol. The van der Waals surface area contributed by atoms with E-state index in [-0.39, 0.29) is 24.6 Å². The molecule has 21 heavy (non-hydrogen) atoms. The molecule has 112 valence electrons. The summed E-state index contributed by atoms with van der Waals surface area (Å²) in [6.45, 7) is 1.30. The van der Waals surface area contributed by atoms with Crippen LogP contribution >= 0.6 is 12.4 Å². The maximum absolute atomic E-state index is 9.52. The van der Waals surface area contributed by atoms with E-state index in [1.165, 1.54) is 5.56 Å². The number of nitrogens with zero attached hydrogens (tertiary/aromatic N) is 2. The van der Waals surface area contributed by atoms with Crippen molar-refractivity contribution in [1.82, 2.24) is 15.5 Å². The number of benzene rings is 1. The molecule has 0 radical (unpaired) electrons. The van der Waals surface area contributed by atoms with Gasteiger partial charge in [-0.3, -0.25) is 0 Å². The third kappa shape index (κ3) is 2.62. The minimum Gasteiger partial charge on any atom is -0.493 e. The predicted octanol–water partition coefficient (Wildman–Crippen LogP) is 1.49. The average Bonchev–Trinajstić information content (AvgIpc) is 3.17. The van der Waals surface area contributed by atoms with Gasteiger partial charge in [0.2, 0.25) is 11.7 Å². The zero-order chi connectivity index (χ0) is 13.5. The largest absolute Gasteiger partial charge is 0.493 e. The summed E-state index contributed by atoms with van der Waals surface area (Å²) in [4.78, 5) is 4.43. The van der Waals surface area contributed by atoms with Crippen LogP contribution in [0.2, 0.25) is 0 Å². The number of aromatic nitrogens is 2. The standard InChI is InChI=1S/C14H15N3O3.ClH/c18-10-6-11(15-7-10)14-16-13(17-20-14)9-1-2-12-8(5-9)3-4-19-12;/h1-2,5,10-11,15,18H,3-4,6-7H2;1H/t10-,11-;/m1./s1. The molecule has 0 aliphatic carbocycles. The van der Waals surface area contributed by atoms with E-state index in [2.05, 4.69) is 15.5 Å². The van der Waals surface area contributed by atoms with Crippen LogP contribution in [0.3, 0.4) is 0 Å². The predicted molar refractivity (Wildman–Crippen MR) is 77.5 cm³/mol. The van der Waals surface area contributed by atoms with Gasteiger partial charge in [-0.25, -0.2) is 0 Å². The smallest absolute Gasteiger partial charge is 0.244 e. The Bertz CT molecular complexity index is 646. The summed E-state index contributed by atoms with van der Waals surface area (Å²) in [7, 11) is 0. The van der Waals surface area contributed by atoms with Gasteiger partial charge in [-0.15, -0.1) is 12.4 Å². The number of halogens is 1. The Kier molecular flexibility index (Phi) is 3.84. The normalized spacial score (nSPS) is 23.5. The second kappa shape index (κ2) is 5.63. The first-order chi connectivity index (χ1) is 9.79. The van der Waals surface area contributed by atoms with Crippen molar-refractivity contribution in [3.05, 3.63) is 29.7 Å². The summed E-state index contributed by atoms with van der Waals surface area (Å²) < 4.78 is 10.8. The fourth-order valence-electron chi connectivity index (χ4n) is 2.72. The van der Waals surface area contributed by atoms with Crippen LogP contribution in [0.1, 0.15) is 23.9 Å². The number of hydrogen-bond donors (Lipinski definition) is 2. The number of fused-ring (bicyclic) bond motifs is 1. The molecule has 1 fully saturated rings. The molecule has 0 spiro atoms. The van der Waals surface area contributed by atoms with Crippen LogP contribution in [0.15, 0.2) is 22.7 Å². The second-order valence-corrected chi connectivity index (χ2v) is 5.23. The fraction of sp³-hybridized carbons (Fsp3) is 0.429. The lowest BCUT2D eigenvalue weighted by molar-refractivity contribution is 0.191. The van der Waals surface area contributed by atoms with Gasteiger partial charge in [0.1, 0.15) is 5.75 Å². The molecule has 1 aromatic heterocycles. The monoisotopic (exact) mass is 309 g/mol. The van der Waals surface area contributed by atoms with Crippen molar-refractivity contribution in [2.45, 2.75) is 25.0 Å². The third-order valence-corrected chi connectivity index (χ3v) is 3.80. The highest BCUT2D eigenvalue weighted by atomic mass is 35.5. The Morgan fingerprint density at radius 3 is 3.05 bits per heavy atom. The molecule has 2 aliphatic rings. The Morgan fingerprint density at radius 2 is 2.24 bits per heavy atom. The van der Waals surface area contributed by atoms with Crippen LogP contribution in [-0.2, 0) is 6.42 Å². The van der Waals surface area contributed by atoms with E-state index >= 15 is 0 Å². The Hall–Kier alpha value is -1.63. The fourth-order valence-corrected chi connectivity index (χ4v) is 2.72. The van der Waals surface area contributed by atoms with Crippen LogP contribution in [-0.4, -0.2) is 34.5 Å². The Balaban J connectivity index is 0.00000132. The van der Waals surface area contributed by atoms with E-state index in [1.54, 1.807) is 0 Å². The number of aliphatic hydroxyl groups is 1. The minimum absolute atomic E-state index is 0. The van der Waals surface area contributed by atoms with E-state index in [0.29, 0.717) is 24.7 Å². The van der Waals surface area contributed by atoms with Gasteiger partial charge in [0.15, 0.2) is 0 Å². The molecule has 0 amide bonds. The maximum Gasteiger partial charge on any atom is 0.244 e. The molecule has 2 N–H and O–H groups in total. The molecule has 0 unspecified atom stereocenters. The van der Waals surface area contributed by atoms with Crippen LogP contribution in [0.5, 0.6) is 5.75 Å². The van der Waals surface area contributed by atoms with Crippen LogP contribution in [0.25, 0.3) is 11.4 Å². The van der Waals surface area contributed by atoms with Gasteiger partial charge in [-0.2, -0.15) is 4.98 Å². The lowest BCUT2D eigenvalue weighted by Gasteiger charge is -2.02. The molecular weight excluding hydrogens is 294 g/mol. The second-order valence-electron chi connectivity index (χ2n) is 5.23. The van der Waals surface area contributed by atoms with Crippen molar-refractivity contribution in [2.75, 3.05) is 13.2 Å². The first kappa shape index (κ1) is 14.3. The summed E-state index contributed by atoms with van der Waals surface area (Å²) in [5, 5.41) is 16.7. The van der Waals surface area contributed by atoms with Gasteiger partial charge in [0.25, 0.3) is 0 Å². The van der Waals surface area contributed by atoms with Crippen molar-refractivity contribution in [1.29, 1.82) is 0 Å². The summed E-state index contributed by atoms with van der Waals surface area (Å²) in [5.74, 6) is 2.06. The molecule has 2 aromatic rings. The van der Waals surface area contributed by atoms with E-state index in [4.69, 9.17) is 9.26 Å². The molecule has 4 rings (SSSR count). The van der Waals surface area contributed by atoms with Crippen molar-refractivity contribution in [3.63, 3.8) is 0 Å². The number of aliphatic hydroxyl groups excluding tert-OH is 1.